The molecule has 0 aliphatic heterocycles. The summed E-state index contributed by atoms with van der Waals surface area (Å²) in [4.78, 5) is 7.09. The van der Waals surface area contributed by atoms with Gasteiger partial charge in [-0.25, -0.2) is 0 Å². The first-order chi connectivity index (χ1) is 9.42. The van der Waals surface area contributed by atoms with Crippen LogP contribution in [0.3, 0.4) is 0 Å². The summed E-state index contributed by atoms with van der Waals surface area (Å²) in [5, 5.41) is 0. The molecule has 0 saturated carbocycles. The van der Waals surface area contributed by atoms with Crippen LogP contribution in [0.25, 0.3) is 0 Å². The van der Waals surface area contributed by atoms with Crippen molar-refractivity contribution in [2.75, 3.05) is 0 Å². The van der Waals surface area contributed by atoms with Crippen molar-refractivity contribution in [1.29, 1.82) is 0 Å². The molecular formula is C12H18F6N2Se2. The van der Waals surface area contributed by atoms with Crippen molar-refractivity contribution in [3.8, 4) is 0 Å². The SMILES string of the molecule is CC(C)(C)N=C([Se][Se]C(=NC(C)(C)C)C(F)(F)F)C(F)(F)F. The van der Waals surface area contributed by atoms with Crippen LogP contribution in [0.2, 0.25) is 0 Å². The molecule has 0 rings (SSSR count). The minimum absolute atomic E-state index is 0.998. The molecule has 0 aromatic rings. The Labute approximate surface area is 137 Å². The summed E-state index contributed by atoms with van der Waals surface area (Å²) in [6, 6.07) is 0. The van der Waals surface area contributed by atoms with E-state index in [1.165, 1.54) is 41.5 Å². The number of halogens is 6. The summed E-state index contributed by atoms with van der Waals surface area (Å²) in [5.74, 6) is 0. The van der Waals surface area contributed by atoms with Crippen LogP contribution in [0.1, 0.15) is 41.5 Å². The van der Waals surface area contributed by atoms with Gasteiger partial charge in [0, 0.05) is 0 Å². The Bertz CT molecular complexity index is 396. The van der Waals surface area contributed by atoms with Crippen LogP contribution in [0.5, 0.6) is 0 Å². The van der Waals surface area contributed by atoms with Gasteiger partial charge >= 0.3 is 137 Å². The third kappa shape index (κ3) is 9.87. The first-order valence-corrected chi connectivity index (χ1v) is 12.1. The Balaban J connectivity index is 5.42. The number of hydrogen-bond donors (Lipinski definition) is 0. The van der Waals surface area contributed by atoms with Crippen molar-refractivity contribution in [3.05, 3.63) is 0 Å². The molecule has 0 atom stereocenters. The predicted molar refractivity (Wildman–Crippen MR) is 78.0 cm³/mol. The van der Waals surface area contributed by atoms with E-state index < -0.39 is 58.9 Å². The van der Waals surface area contributed by atoms with Crippen molar-refractivity contribution in [3.63, 3.8) is 0 Å². The van der Waals surface area contributed by atoms with E-state index >= 15 is 0 Å². The van der Waals surface area contributed by atoms with Gasteiger partial charge in [0.15, 0.2) is 0 Å². The number of alkyl halides is 6. The number of rotatable bonds is 3. The van der Waals surface area contributed by atoms with Crippen molar-refractivity contribution < 1.29 is 26.3 Å². The van der Waals surface area contributed by atoms with Gasteiger partial charge in [-0.3, -0.25) is 0 Å². The summed E-state index contributed by atoms with van der Waals surface area (Å²) in [6.07, 6.45) is -9.43. The summed E-state index contributed by atoms with van der Waals surface area (Å²) in [6.45, 7) is 8.81. The molecule has 0 aliphatic carbocycles. The van der Waals surface area contributed by atoms with Crippen LogP contribution in [0.4, 0.5) is 26.3 Å². The van der Waals surface area contributed by atoms with E-state index in [1.54, 1.807) is 0 Å². The maximum atomic E-state index is 12.9. The molecule has 0 unspecified atom stereocenters. The van der Waals surface area contributed by atoms with Crippen molar-refractivity contribution in [1.82, 2.24) is 0 Å². The Morgan fingerprint density at radius 2 is 0.818 bits per heavy atom. The van der Waals surface area contributed by atoms with Crippen LogP contribution in [-0.2, 0) is 0 Å². The fourth-order valence-electron chi connectivity index (χ4n) is 0.947. The Morgan fingerprint density at radius 1 is 0.591 bits per heavy atom. The third-order valence-corrected chi connectivity index (χ3v) is 8.10. The standard InChI is InChI=1S/C12H18F6N2Se2/c1-9(2,3)19-7(11(13,14)15)21-22-8(12(16,17)18)20-10(4,5)6/h1-6H3. The van der Waals surface area contributed by atoms with E-state index in [4.69, 9.17) is 0 Å². The van der Waals surface area contributed by atoms with Crippen molar-refractivity contribution >= 4 is 35.5 Å². The predicted octanol–water partition coefficient (Wildman–Crippen LogP) is 3.83. The van der Waals surface area contributed by atoms with Crippen molar-refractivity contribution in [2.24, 2.45) is 9.98 Å². The fraction of sp³-hybridized carbons (Fsp3) is 0.833. The zero-order valence-corrected chi connectivity index (χ0v) is 16.4. The normalized spacial score (nSPS) is 16.2. The van der Waals surface area contributed by atoms with Crippen molar-refractivity contribution in [2.45, 2.75) is 65.0 Å². The molecule has 0 aliphatic rings. The molecule has 10 heteroatoms. The quantitative estimate of drug-likeness (QED) is 0.346. The topological polar surface area (TPSA) is 24.7 Å². The van der Waals surface area contributed by atoms with Gasteiger partial charge in [-0.15, -0.1) is 0 Å². The molecule has 0 aromatic heterocycles. The molecule has 0 spiro atoms. The van der Waals surface area contributed by atoms with E-state index in [0.717, 1.165) is 0 Å². The molecule has 0 heterocycles. The molecule has 0 amide bonds. The van der Waals surface area contributed by atoms with Crippen LogP contribution in [0, 0.1) is 0 Å². The third-order valence-electron chi connectivity index (χ3n) is 1.56. The van der Waals surface area contributed by atoms with Gasteiger partial charge in [0.25, 0.3) is 0 Å². The summed E-state index contributed by atoms with van der Waals surface area (Å²) in [7, 11) is 0. The zero-order chi connectivity index (χ0) is 18.0. The van der Waals surface area contributed by atoms with Crippen LogP contribution < -0.4 is 0 Å². The van der Waals surface area contributed by atoms with Gasteiger partial charge in [-0.2, -0.15) is 0 Å². The summed E-state index contributed by atoms with van der Waals surface area (Å²) in [5.41, 5.74) is -2.00. The van der Waals surface area contributed by atoms with E-state index in [9.17, 15) is 26.3 Å². The maximum absolute atomic E-state index is 12.9. The molecule has 0 N–H and O–H groups in total. The number of aliphatic imine (C=N–C) groups is 2. The number of hydrogen-bond acceptors (Lipinski definition) is 2. The summed E-state index contributed by atoms with van der Waals surface area (Å²) >= 11 is -2.86. The Morgan fingerprint density at radius 3 is 0.955 bits per heavy atom. The Kier molecular flexibility index (Phi) is 7.23. The van der Waals surface area contributed by atoms with Crippen LogP contribution >= 0.6 is 0 Å². The molecule has 0 bridgehead atoms. The molecule has 0 aromatic carbocycles. The zero-order valence-electron chi connectivity index (χ0n) is 13.0. The van der Waals surface area contributed by atoms with Crippen LogP contribution in [0.15, 0.2) is 9.98 Å². The summed E-state index contributed by atoms with van der Waals surface area (Å²) < 4.78 is 75.2. The molecule has 0 radical (unpaired) electrons. The molecule has 0 saturated heterocycles. The van der Waals surface area contributed by atoms with Gasteiger partial charge in [0.1, 0.15) is 0 Å². The molecule has 22 heavy (non-hydrogen) atoms. The van der Waals surface area contributed by atoms with E-state index in [1.807, 2.05) is 0 Å². The second kappa shape index (κ2) is 7.24. The minimum atomic E-state index is -4.71. The molecule has 130 valence electrons. The van der Waals surface area contributed by atoms with Gasteiger partial charge in [-0.05, 0) is 0 Å². The fourth-order valence-corrected chi connectivity index (χ4v) is 7.57. The van der Waals surface area contributed by atoms with Gasteiger partial charge in [0.05, 0.1) is 0 Å². The first-order valence-electron chi connectivity index (χ1n) is 6.10. The van der Waals surface area contributed by atoms with E-state index in [2.05, 4.69) is 9.98 Å². The van der Waals surface area contributed by atoms with Gasteiger partial charge < -0.3 is 0 Å². The average Bonchev–Trinajstić information content (AvgIpc) is 2.15. The van der Waals surface area contributed by atoms with Crippen LogP contribution in [-0.4, -0.2) is 58.9 Å². The van der Waals surface area contributed by atoms with E-state index in [-0.39, 0.29) is 0 Å². The van der Waals surface area contributed by atoms with Gasteiger partial charge in [0.2, 0.25) is 0 Å². The number of nitrogens with zero attached hydrogens (tertiary/aromatic N) is 2. The molecular weight excluding hydrogens is 444 g/mol. The second-order valence-electron chi connectivity index (χ2n) is 6.34. The molecule has 0 fully saturated rings. The molecule has 2 nitrogen and oxygen atoms in total. The van der Waals surface area contributed by atoms with Gasteiger partial charge in [-0.1, -0.05) is 0 Å². The Hall–Kier alpha value is -0.0410. The van der Waals surface area contributed by atoms with E-state index in [0.29, 0.717) is 0 Å². The monoisotopic (exact) mass is 464 g/mol. The average molecular weight is 462 g/mol. The first kappa shape index (κ1) is 22.0. The second-order valence-corrected chi connectivity index (χ2v) is 12.3.